The molecule has 0 spiro atoms. The van der Waals surface area contributed by atoms with E-state index in [1.54, 1.807) is 25.4 Å². The number of esters is 1. The van der Waals surface area contributed by atoms with Crippen molar-refractivity contribution in [1.82, 2.24) is 9.97 Å². The Kier molecular flexibility index (Phi) is 5.01. The van der Waals surface area contributed by atoms with Crippen molar-refractivity contribution in [3.8, 4) is 17.3 Å². The van der Waals surface area contributed by atoms with Crippen LogP contribution >= 0.6 is 11.3 Å². The lowest BCUT2D eigenvalue weighted by Crippen LogP contribution is -2.07. The Morgan fingerprint density at radius 1 is 1.62 bits per heavy atom. The first-order valence-electron chi connectivity index (χ1n) is 6.14. The molecule has 0 saturated heterocycles. The maximum Gasteiger partial charge on any atom is 0.350 e. The summed E-state index contributed by atoms with van der Waals surface area (Å²) in [5, 5.41) is 14.2. The van der Waals surface area contributed by atoms with Crippen LogP contribution in [0.5, 0.6) is 0 Å². The van der Waals surface area contributed by atoms with Gasteiger partial charge >= 0.3 is 5.97 Å². The zero-order chi connectivity index (χ0) is 15.1. The first-order valence-corrected chi connectivity index (χ1v) is 7.02. The predicted octanol–water partition coefficient (Wildman–Crippen LogP) is 2.59. The number of ether oxygens (including phenoxy) is 1. The third-order valence-corrected chi connectivity index (χ3v) is 3.19. The van der Waals surface area contributed by atoms with Crippen LogP contribution in [0.25, 0.3) is 11.3 Å². The number of hydrogen-bond acceptors (Lipinski definition) is 7. The third kappa shape index (κ3) is 3.87. The maximum absolute atomic E-state index is 11.4. The molecule has 0 aliphatic heterocycles. The van der Waals surface area contributed by atoms with Crippen LogP contribution in [0.4, 0.5) is 5.13 Å². The Hall–Kier alpha value is -2.72. The van der Waals surface area contributed by atoms with Gasteiger partial charge in [-0.3, -0.25) is 4.98 Å². The summed E-state index contributed by atoms with van der Waals surface area (Å²) in [6, 6.07) is 5.52. The lowest BCUT2D eigenvalue weighted by molar-refractivity contribution is -0.138. The first-order chi connectivity index (χ1) is 10.2. The molecule has 7 heteroatoms. The van der Waals surface area contributed by atoms with Crippen LogP contribution in [0.2, 0.25) is 0 Å². The number of nitrogens with zero attached hydrogens (tertiary/aromatic N) is 3. The van der Waals surface area contributed by atoms with Gasteiger partial charge in [-0.25, -0.2) is 9.78 Å². The monoisotopic (exact) mass is 300 g/mol. The average molecular weight is 300 g/mol. The van der Waals surface area contributed by atoms with Crippen molar-refractivity contribution in [2.24, 2.45) is 0 Å². The Morgan fingerprint density at radius 3 is 3.14 bits per heavy atom. The van der Waals surface area contributed by atoms with E-state index >= 15 is 0 Å². The fraction of sp³-hybridized carbons (Fsp3) is 0.143. The largest absolute Gasteiger partial charge is 0.462 e. The number of hydrogen-bond donors (Lipinski definition) is 1. The minimum Gasteiger partial charge on any atom is -0.462 e. The van der Waals surface area contributed by atoms with Crippen molar-refractivity contribution >= 4 is 22.4 Å². The molecule has 2 aromatic rings. The molecule has 0 bridgehead atoms. The van der Waals surface area contributed by atoms with Gasteiger partial charge in [0.05, 0.1) is 12.3 Å². The Morgan fingerprint density at radius 2 is 2.48 bits per heavy atom. The minimum atomic E-state index is -0.656. The fourth-order valence-electron chi connectivity index (χ4n) is 1.47. The van der Waals surface area contributed by atoms with Crippen molar-refractivity contribution in [2.75, 3.05) is 11.9 Å². The van der Waals surface area contributed by atoms with Gasteiger partial charge in [0.2, 0.25) is 0 Å². The van der Waals surface area contributed by atoms with Crippen molar-refractivity contribution in [3.63, 3.8) is 0 Å². The zero-order valence-electron chi connectivity index (χ0n) is 11.2. The standard InChI is InChI=1S/C14H12N4O2S/c1-2-20-13(19)11(6-15)8-17-14-18-12(9-21-14)10-4-3-5-16-7-10/h3-5,7-9H,2H2,1H3,(H,17,18)/b11-8+. The summed E-state index contributed by atoms with van der Waals surface area (Å²) < 4.78 is 4.76. The van der Waals surface area contributed by atoms with E-state index in [4.69, 9.17) is 10.00 Å². The highest BCUT2D eigenvalue weighted by Crippen LogP contribution is 2.24. The Bertz CT molecular complexity index is 688. The summed E-state index contributed by atoms with van der Waals surface area (Å²) >= 11 is 1.37. The van der Waals surface area contributed by atoms with E-state index in [1.165, 1.54) is 17.5 Å². The molecular weight excluding hydrogens is 288 g/mol. The average Bonchev–Trinajstić information content (AvgIpc) is 2.98. The maximum atomic E-state index is 11.4. The molecular formula is C14H12N4O2S. The fourth-order valence-corrected chi connectivity index (χ4v) is 2.16. The molecule has 0 aliphatic carbocycles. The Labute approximate surface area is 125 Å². The number of thiazole rings is 1. The van der Waals surface area contributed by atoms with E-state index in [0.717, 1.165) is 11.3 Å². The van der Waals surface area contributed by atoms with Crippen LogP contribution in [-0.4, -0.2) is 22.5 Å². The number of rotatable bonds is 5. The van der Waals surface area contributed by atoms with Crippen LogP contribution in [-0.2, 0) is 9.53 Å². The molecule has 0 aromatic carbocycles. The van der Waals surface area contributed by atoms with Crippen molar-refractivity contribution < 1.29 is 9.53 Å². The second-order valence-electron chi connectivity index (χ2n) is 3.81. The number of nitriles is 1. The topological polar surface area (TPSA) is 87.9 Å². The minimum absolute atomic E-state index is 0.102. The third-order valence-electron chi connectivity index (χ3n) is 2.42. The van der Waals surface area contributed by atoms with Gasteiger partial charge in [0, 0.05) is 29.5 Å². The molecule has 21 heavy (non-hydrogen) atoms. The van der Waals surface area contributed by atoms with E-state index in [2.05, 4.69) is 15.3 Å². The van der Waals surface area contributed by atoms with Crippen molar-refractivity contribution in [2.45, 2.75) is 6.92 Å². The van der Waals surface area contributed by atoms with Crippen LogP contribution in [0, 0.1) is 11.3 Å². The zero-order valence-corrected chi connectivity index (χ0v) is 12.1. The number of carbonyl (C=O) groups is 1. The Balaban J connectivity index is 2.09. The molecule has 0 unspecified atom stereocenters. The van der Waals surface area contributed by atoms with Gasteiger partial charge in [0.25, 0.3) is 0 Å². The molecule has 0 amide bonds. The molecule has 0 atom stereocenters. The number of anilines is 1. The molecule has 0 aliphatic rings. The van der Waals surface area contributed by atoms with Gasteiger partial charge in [0.1, 0.15) is 6.07 Å². The number of pyridine rings is 1. The molecule has 2 aromatic heterocycles. The number of aromatic nitrogens is 2. The van der Waals surface area contributed by atoms with Crippen LogP contribution in [0.15, 0.2) is 41.7 Å². The van der Waals surface area contributed by atoms with Crippen LogP contribution in [0.1, 0.15) is 6.92 Å². The first kappa shape index (κ1) is 14.7. The predicted molar refractivity (Wildman–Crippen MR) is 79.3 cm³/mol. The van der Waals surface area contributed by atoms with E-state index in [-0.39, 0.29) is 12.2 Å². The molecule has 0 fully saturated rings. The van der Waals surface area contributed by atoms with Gasteiger partial charge in [-0.15, -0.1) is 11.3 Å². The summed E-state index contributed by atoms with van der Waals surface area (Å²) in [5.74, 6) is -0.656. The lowest BCUT2D eigenvalue weighted by atomic mass is 10.2. The lowest BCUT2D eigenvalue weighted by Gasteiger charge is -1.99. The highest BCUT2D eigenvalue weighted by molar-refractivity contribution is 7.14. The number of carbonyl (C=O) groups excluding carboxylic acids is 1. The molecule has 0 radical (unpaired) electrons. The van der Waals surface area contributed by atoms with E-state index in [1.807, 2.05) is 17.5 Å². The molecule has 2 heterocycles. The van der Waals surface area contributed by atoms with Crippen LogP contribution < -0.4 is 5.32 Å². The van der Waals surface area contributed by atoms with Crippen molar-refractivity contribution in [3.05, 3.63) is 41.7 Å². The molecule has 106 valence electrons. The summed E-state index contributed by atoms with van der Waals surface area (Å²) in [6.07, 6.45) is 4.70. The molecule has 2 rings (SSSR count). The normalized spacial score (nSPS) is 10.8. The van der Waals surface area contributed by atoms with Gasteiger partial charge in [0.15, 0.2) is 10.7 Å². The molecule has 0 saturated carbocycles. The van der Waals surface area contributed by atoms with E-state index in [0.29, 0.717) is 5.13 Å². The highest BCUT2D eigenvalue weighted by atomic mass is 32.1. The summed E-state index contributed by atoms with van der Waals surface area (Å²) in [6.45, 7) is 1.90. The molecule has 1 N–H and O–H groups in total. The van der Waals surface area contributed by atoms with Gasteiger partial charge < -0.3 is 10.1 Å². The quantitative estimate of drug-likeness (QED) is 0.519. The van der Waals surface area contributed by atoms with Crippen molar-refractivity contribution in [1.29, 1.82) is 5.26 Å². The van der Waals surface area contributed by atoms with Gasteiger partial charge in [-0.1, -0.05) is 0 Å². The van der Waals surface area contributed by atoms with E-state index < -0.39 is 5.97 Å². The SMILES string of the molecule is CCOC(=O)/C(C#N)=C/Nc1nc(-c2cccnc2)cs1. The summed E-state index contributed by atoms with van der Waals surface area (Å²) in [7, 11) is 0. The highest BCUT2D eigenvalue weighted by Gasteiger charge is 2.10. The van der Waals surface area contributed by atoms with Gasteiger partial charge in [-0.2, -0.15) is 5.26 Å². The second kappa shape index (κ2) is 7.17. The summed E-state index contributed by atoms with van der Waals surface area (Å²) in [5.41, 5.74) is 1.57. The smallest absolute Gasteiger partial charge is 0.350 e. The second-order valence-corrected chi connectivity index (χ2v) is 4.67. The van der Waals surface area contributed by atoms with Crippen LogP contribution in [0.3, 0.4) is 0 Å². The molecule has 6 nitrogen and oxygen atoms in total. The summed E-state index contributed by atoms with van der Waals surface area (Å²) in [4.78, 5) is 19.8. The van der Waals surface area contributed by atoms with E-state index in [9.17, 15) is 4.79 Å². The van der Waals surface area contributed by atoms with Gasteiger partial charge in [-0.05, 0) is 19.1 Å². The number of nitrogens with one attached hydrogen (secondary N) is 1.